The lowest BCUT2D eigenvalue weighted by Crippen LogP contribution is -2.05. The van der Waals surface area contributed by atoms with Crippen LogP contribution in [0.3, 0.4) is 0 Å². The van der Waals surface area contributed by atoms with Crippen LogP contribution in [0.4, 0.5) is 0 Å². The Morgan fingerprint density at radius 3 is 2.84 bits per heavy atom. The fourth-order valence-corrected chi connectivity index (χ4v) is 2.70. The quantitative estimate of drug-likeness (QED) is 0.898. The minimum atomic E-state index is 0.412. The summed E-state index contributed by atoms with van der Waals surface area (Å²) in [5.74, 6) is 1.36. The second-order valence-electron chi connectivity index (χ2n) is 4.97. The smallest absolute Gasteiger partial charge is 0.119 e. The van der Waals surface area contributed by atoms with Gasteiger partial charge in [0.15, 0.2) is 0 Å². The summed E-state index contributed by atoms with van der Waals surface area (Å²) < 4.78 is 5.68. The van der Waals surface area contributed by atoms with Gasteiger partial charge < -0.3 is 9.84 Å². The first-order valence-electron chi connectivity index (χ1n) is 6.86. The third-order valence-corrected chi connectivity index (χ3v) is 3.64. The van der Waals surface area contributed by atoms with Gasteiger partial charge in [-0.05, 0) is 54.2 Å². The molecule has 0 amide bonds. The zero-order chi connectivity index (χ0) is 13.2. The molecule has 2 heteroatoms. The summed E-state index contributed by atoms with van der Waals surface area (Å²) in [6.07, 6.45) is 2.88. The summed E-state index contributed by atoms with van der Waals surface area (Å²) in [6, 6.07) is 12.0. The van der Waals surface area contributed by atoms with E-state index in [9.17, 15) is 5.11 Å². The Morgan fingerprint density at radius 2 is 2.00 bits per heavy atom. The molecule has 0 spiro atoms. The van der Waals surface area contributed by atoms with Gasteiger partial charge in [0.2, 0.25) is 0 Å². The van der Waals surface area contributed by atoms with Crippen LogP contribution in [0.1, 0.15) is 24.5 Å². The second kappa shape index (κ2) is 4.96. The van der Waals surface area contributed by atoms with Gasteiger partial charge in [-0.2, -0.15) is 0 Å². The van der Waals surface area contributed by atoms with Gasteiger partial charge in [-0.25, -0.2) is 0 Å². The molecule has 1 aliphatic carbocycles. The van der Waals surface area contributed by atoms with Crippen molar-refractivity contribution in [2.75, 3.05) is 6.61 Å². The van der Waals surface area contributed by atoms with Crippen molar-refractivity contribution in [1.29, 1.82) is 0 Å². The second-order valence-corrected chi connectivity index (χ2v) is 4.97. The first-order valence-corrected chi connectivity index (χ1v) is 6.86. The van der Waals surface area contributed by atoms with E-state index in [-0.39, 0.29) is 0 Å². The molecule has 2 aromatic rings. The summed E-state index contributed by atoms with van der Waals surface area (Å²) in [6.45, 7) is 2.87. The normalized spacial score (nSPS) is 12.7. The summed E-state index contributed by atoms with van der Waals surface area (Å²) >= 11 is 0. The van der Waals surface area contributed by atoms with E-state index >= 15 is 0 Å². The Kier molecular flexibility index (Phi) is 3.16. The molecule has 2 aromatic carbocycles. The van der Waals surface area contributed by atoms with Crippen molar-refractivity contribution >= 4 is 0 Å². The first-order chi connectivity index (χ1) is 9.29. The number of rotatable bonds is 3. The molecule has 0 aromatic heterocycles. The Hall–Kier alpha value is -1.96. The van der Waals surface area contributed by atoms with Gasteiger partial charge in [0, 0.05) is 5.56 Å². The predicted octanol–water partition coefficient (Wildman–Crippen LogP) is 3.95. The molecule has 3 rings (SSSR count). The van der Waals surface area contributed by atoms with Gasteiger partial charge in [0.05, 0.1) is 6.61 Å². The zero-order valence-electron chi connectivity index (χ0n) is 11.1. The van der Waals surface area contributed by atoms with E-state index < -0.39 is 0 Å². The number of fused-ring (bicyclic) bond motifs is 3. The zero-order valence-corrected chi connectivity index (χ0v) is 11.1. The van der Waals surface area contributed by atoms with Crippen LogP contribution in [0.5, 0.6) is 11.5 Å². The minimum absolute atomic E-state index is 0.412. The molecular formula is C17H18O2. The van der Waals surface area contributed by atoms with Crippen LogP contribution in [0.2, 0.25) is 0 Å². The van der Waals surface area contributed by atoms with E-state index in [1.807, 2.05) is 12.1 Å². The molecule has 2 nitrogen and oxygen atoms in total. The molecule has 98 valence electrons. The molecule has 0 aliphatic heterocycles. The molecule has 0 atom stereocenters. The monoisotopic (exact) mass is 254 g/mol. The molecule has 0 fully saturated rings. The third kappa shape index (κ3) is 2.19. The highest BCUT2D eigenvalue weighted by Crippen LogP contribution is 2.38. The molecule has 0 bridgehead atoms. The van der Waals surface area contributed by atoms with Crippen molar-refractivity contribution in [2.45, 2.75) is 26.2 Å². The van der Waals surface area contributed by atoms with E-state index in [0.29, 0.717) is 5.75 Å². The maximum Gasteiger partial charge on any atom is 0.119 e. The van der Waals surface area contributed by atoms with Crippen LogP contribution in [0, 0.1) is 0 Å². The topological polar surface area (TPSA) is 29.5 Å². The molecule has 0 unspecified atom stereocenters. The summed E-state index contributed by atoms with van der Waals surface area (Å²) in [5, 5.41) is 9.93. The molecule has 0 saturated heterocycles. The van der Waals surface area contributed by atoms with Crippen LogP contribution < -0.4 is 4.74 Å². The van der Waals surface area contributed by atoms with Crippen LogP contribution >= 0.6 is 0 Å². The van der Waals surface area contributed by atoms with Crippen LogP contribution in [0.15, 0.2) is 36.4 Å². The number of hydrogen-bond acceptors (Lipinski definition) is 2. The van der Waals surface area contributed by atoms with Gasteiger partial charge in [-0.1, -0.05) is 25.1 Å². The van der Waals surface area contributed by atoms with Crippen molar-refractivity contribution in [2.24, 2.45) is 0 Å². The largest absolute Gasteiger partial charge is 0.508 e. The van der Waals surface area contributed by atoms with Gasteiger partial charge in [0.1, 0.15) is 11.5 Å². The fraction of sp³-hybridized carbons (Fsp3) is 0.294. The van der Waals surface area contributed by atoms with Crippen LogP contribution in [-0.4, -0.2) is 11.7 Å². The number of ether oxygens (including phenoxy) is 1. The molecule has 0 heterocycles. The number of benzene rings is 2. The third-order valence-electron chi connectivity index (χ3n) is 3.64. The highest BCUT2D eigenvalue weighted by Gasteiger charge is 2.18. The Labute approximate surface area is 113 Å². The average molecular weight is 254 g/mol. The summed E-state index contributed by atoms with van der Waals surface area (Å²) in [5.41, 5.74) is 4.76. The van der Waals surface area contributed by atoms with Gasteiger partial charge in [-0.15, -0.1) is 0 Å². The van der Waals surface area contributed by atoms with Crippen molar-refractivity contribution in [3.05, 3.63) is 47.5 Å². The van der Waals surface area contributed by atoms with Crippen molar-refractivity contribution in [3.63, 3.8) is 0 Å². The standard InChI is InChI=1S/C17H18O2/c1-2-10-19-13-7-9-14-12(11-13)6-8-16-15(14)4-3-5-17(16)18/h3-5,7,9,11,18H,2,6,8,10H2,1H3. The fourth-order valence-electron chi connectivity index (χ4n) is 2.70. The van der Waals surface area contributed by atoms with Gasteiger partial charge in [-0.3, -0.25) is 0 Å². The SMILES string of the molecule is CCCOc1ccc2c(c1)CCc1c(O)cccc1-2. The van der Waals surface area contributed by atoms with Crippen LogP contribution in [-0.2, 0) is 12.8 Å². The van der Waals surface area contributed by atoms with Crippen molar-refractivity contribution < 1.29 is 9.84 Å². The maximum atomic E-state index is 9.93. The summed E-state index contributed by atoms with van der Waals surface area (Å²) in [7, 11) is 0. The number of phenolic OH excluding ortho intramolecular Hbond substituents is 1. The minimum Gasteiger partial charge on any atom is -0.508 e. The number of phenols is 1. The average Bonchev–Trinajstić information content (AvgIpc) is 2.45. The molecule has 0 saturated carbocycles. The highest BCUT2D eigenvalue weighted by molar-refractivity contribution is 5.75. The Morgan fingerprint density at radius 1 is 1.11 bits per heavy atom. The highest BCUT2D eigenvalue weighted by atomic mass is 16.5. The maximum absolute atomic E-state index is 9.93. The molecule has 1 N–H and O–H groups in total. The van der Waals surface area contributed by atoms with Gasteiger partial charge in [0.25, 0.3) is 0 Å². The molecule has 1 aliphatic rings. The number of aryl methyl sites for hydroxylation is 1. The number of hydrogen-bond donors (Lipinski definition) is 1. The molecule has 19 heavy (non-hydrogen) atoms. The van der Waals surface area contributed by atoms with E-state index in [0.717, 1.165) is 42.7 Å². The molecule has 0 radical (unpaired) electrons. The summed E-state index contributed by atoms with van der Waals surface area (Å²) in [4.78, 5) is 0. The lowest BCUT2D eigenvalue weighted by atomic mass is 9.85. The molecular weight excluding hydrogens is 236 g/mol. The van der Waals surface area contributed by atoms with Crippen molar-refractivity contribution in [1.82, 2.24) is 0 Å². The van der Waals surface area contributed by atoms with Gasteiger partial charge >= 0.3 is 0 Å². The Balaban J connectivity index is 2.01. The Bertz CT molecular complexity index is 602. The lowest BCUT2D eigenvalue weighted by molar-refractivity contribution is 0.317. The van der Waals surface area contributed by atoms with E-state index in [4.69, 9.17) is 4.74 Å². The number of aromatic hydroxyl groups is 1. The van der Waals surface area contributed by atoms with E-state index in [1.54, 1.807) is 6.07 Å². The first kappa shape index (κ1) is 12.1. The van der Waals surface area contributed by atoms with E-state index in [1.165, 1.54) is 11.1 Å². The lowest BCUT2D eigenvalue weighted by Gasteiger charge is -2.21. The van der Waals surface area contributed by atoms with Crippen molar-refractivity contribution in [3.8, 4) is 22.6 Å². The van der Waals surface area contributed by atoms with Crippen LogP contribution in [0.25, 0.3) is 11.1 Å². The van der Waals surface area contributed by atoms with E-state index in [2.05, 4.69) is 25.1 Å². The predicted molar refractivity (Wildman–Crippen MR) is 76.7 cm³/mol.